The molecule has 0 aliphatic carbocycles. The van der Waals surface area contributed by atoms with Crippen LogP contribution in [0.1, 0.15) is 16.7 Å². The third-order valence-corrected chi connectivity index (χ3v) is 4.36. The van der Waals surface area contributed by atoms with Gasteiger partial charge in [-0.05, 0) is 22.8 Å². The summed E-state index contributed by atoms with van der Waals surface area (Å²) < 4.78 is 4.98. The summed E-state index contributed by atoms with van der Waals surface area (Å²) >= 11 is 0. The molecule has 3 nitrogen and oxygen atoms in total. The fourth-order valence-electron chi connectivity index (χ4n) is 3.15. The summed E-state index contributed by atoms with van der Waals surface area (Å²) in [6, 6.07) is 28.6. The predicted molar refractivity (Wildman–Crippen MR) is 104 cm³/mol. The van der Waals surface area contributed by atoms with Crippen LogP contribution in [0.4, 0.5) is 0 Å². The van der Waals surface area contributed by atoms with E-state index in [9.17, 15) is 9.59 Å². The zero-order valence-electron chi connectivity index (χ0n) is 14.5. The van der Waals surface area contributed by atoms with E-state index >= 15 is 0 Å². The number of benzene rings is 3. The zero-order chi connectivity index (χ0) is 18.6. The topological polar surface area (TPSA) is 43.4 Å². The minimum atomic E-state index is -0.622. The summed E-state index contributed by atoms with van der Waals surface area (Å²) in [5.74, 6) is -1.24. The molecule has 4 rings (SSSR count). The summed E-state index contributed by atoms with van der Waals surface area (Å²) in [5, 5.41) is 0. The Morgan fingerprint density at radius 2 is 1.11 bits per heavy atom. The quantitative estimate of drug-likeness (QED) is 0.391. The smallest absolute Gasteiger partial charge is 0.347 e. The van der Waals surface area contributed by atoms with Crippen molar-refractivity contribution in [2.45, 2.75) is 0 Å². The van der Waals surface area contributed by atoms with Gasteiger partial charge in [0.25, 0.3) is 0 Å². The first-order chi connectivity index (χ1) is 13.2. The van der Waals surface area contributed by atoms with Gasteiger partial charge in [0.05, 0.1) is 11.1 Å². The number of hydrogen-bond acceptors (Lipinski definition) is 3. The van der Waals surface area contributed by atoms with Crippen molar-refractivity contribution in [3.05, 3.63) is 119 Å². The van der Waals surface area contributed by atoms with Gasteiger partial charge in [0.15, 0.2) is 0 Å². The van der Waals surface area contributed by atoms with E-state index in [4.69, 9.17) is 4.74 Å². The standard InChI is InChI=1S/C24H16O3/c25-23-20(16-17-10-4-1-5-11-17)22(24(26)27-23)21(18-12-6-2-7-13-18)19-14-8-3-9-15-19/h1-16H. The Morgan fingerprint density at radius 1 is 0.630 bits per heavy atom. The van der Waals surface area contributed by atoms with Crippen LogP contribution in [-0.2, 0) is 14.3 Å². The molecule has 130 valence electrons. The van der Waals surface area contributed by atoms with E-state index in [1.54, 1.807) is 6.08 Å². The maximum atomic E-state index is 12.6. The Bertz CT molecular complexity index is 1010. The van der Waals surface area contributed by atoms with Crippen LogP contribution in [0.25, 0.3) is 11.6 Å². The molecular formula is C24H16O3. The normalized spacial score (nSPS) is 15.1. The molecule has 1 saturated heterocycles. The fourth-order valence-corrected chi connectivity index (χ4v) is 3.15. The van der Waals surface area contributed by atoms with Gasteiger partial charge in [-0.1, -0.05) is 91.0 Å². The number of cyclic esters (lactones) is 2. The van der Waals surface area contributed by atoms with E-state index in [1.165, 1.54) is 0 Å². The number of hydrogen-bond donors (Lipinski definition) is 0. The lowest BCUT2D eigenvalue weighted by Gasteiger charge is -2.11. The molecule has 0 aromatic heterocycles. The highest BCUT2D eigenvalue weighted by molar-refractivity contribution is 6.24. The Labute approximate surface area is 157 Å². The first-order valence-electron chi connectivity index (χ1n) is 8.63. The minimum absolute atomic E-state index is 0.272. The van der Waals surface area contributed by atoms with Crippen molar-refractivity contribution in [2.24, 2.45) is 0 Å². The molecule has 3 heteroatoms. The van der Waals surface area contributed by atoms with E-state index in [0.717, 1.165) is 16.7 Å². The zero-order valence-corrected chi connectivity index (χ0v) is 14.5. The third kappa shape index (κ3) is 3.35. The molecule has 0 spiro atoms. The summed E-state index contributed by atoms with van der Waals surface area (Å²) in [6.07, 6.45) is 1.70. The van der Waals surface area contributed by atoms with E-state index in [0.29, 0.717) is 11.1 Å². The average Bonchev–Trinajstić information content (AvgIpc) is 2.98. The molecule has 0 atom stereocenters. The lowest BCUT2D eigenvalue weighted by molar-refractivity contribution is -0.149. The summed E-state index contributed by atoms with van der Waals surface area (Å²) in [7, 11) is 0. The van der Waals surface area contributed by atoms with Crippen LogP contribution in [0, 0.1) is 0 Å². The van der Waals surface area contributed by atoms with Crippen LogP contribution in [0.15, 0.2) is 102 Å². The second-order valence-corrected chi connectivity index (χ2v) is 6.13. The van der Waals surface area contributed by atoms with Gasteiger partial charge in [-0.25, -0.2) is 9.59 Å². The Balaban J connectivity index is 2.00. The van der Waals surface area contributed by atoms with Gasteiger partial charge >= 0.3 is 11.9 Å². The van der Waals surface area contributed by atoms with Crippen LogP contribution >= 0.6 is 0 Å². The van der Waals surface area contributed by atoms with Crippen molar-refractivity contribution in [1.29, 1.82) is 0 Å². The van der Waals surface area contributed by atoms with Crippen molar-refractivity contribution in [1.82, 2.24) is 0 Å². The van der Waals surface area contributed by atoms with Crippen molar-refractivity contribution in [3.63, 3.8) is 0 Å². The average molecular weight is 352 g/mol. The highest BCUT2D eigenvalue weighted by Crippen LogP contribution is 2.35. The molecule has 1 aliphatic rings. The number of carbonyl (C=O) groups excluding carboxylic acids is 2. The largest absolute Gasteiger partial charge is 0.386 e. The lowest BCUT2D eigenvalue weighted by atomic mass is 9.89. The number of esters is 2. The Kier molecular flexibility index (Phi) is 4.50. The third-order valence-electron chi connectivity index (χ3n) is 4.36. The molecule has 1 aliphatic heterocycles. The molecule has 0 radical (unpaired) electrons. The van der Waals surface area contributed by atoms with E-state index in [2.05, 4.69) is 0 Å². The maximum absolute atomic E-state index is 12.6. The van der Waals surface area contributed by atoms with Gasteiger partial charge in [0.2, 0.25) is 0 Å². The Morgan fingerprint density at radius 3 is 1.63 bits per heavy atom. The van der Waals surface area contributed by atoms with Gasteiger partial charge < -0.3 is 4.74 Å². The van der Waals surface area contributed by atoms with Crippen molar-refractivity contribution < 1.29 is 14.3 Å². The molecule has 27 heavy (non-hydrogen) atoms. The molecule has 0 saturated carbocycles. The van der Waals surface area contributed by atoms with Gasteiger partial charge in [-0.2, -0.15) is 0 Å². The first-order valence-corrected chi connectivity index (χ1v) is 8.63. The Hall–Kier alpha value is -3.72. The molecule has 0 amide bonds. The summed E-state index contributed by atoms with van der Waals surface area (Å²) in [6.45, 7) is 0. The van der Waals surface area contributed by atoms with Crippen molar-refractivity contribution in [2.75, 3.05) is 0 Å². The molecule has 1 fully saturated rings. The minimum Gasteiger partial charge on any atom is -0.386 e. The van der Waals surface area contributed by atoms with Crippen LogP contribution in [0.5, 0.6) is 0 Å². The number of ether oxygens (including phenoxy) is 1. The van der Waals surface area contributed by atoms with Crippen LogP contribution in [0.2, 0.25) is 0 Å². The van der Waals surface area contributed by atoms with E-state index in [1.807, 2.05) is 91.0 Å². The molecule has 3 aromatic carbocycles. The van der Waals surface area contributed by atoms with E-state index in [-0.39, 0.29) is 5.57 Å². The summed E-state index contributed by atoms with van der Waals surface area (Å²) in [4.78, 5) is 25.1. The van der Waals surface area contributed by atoms with E-state index < -0.39 is 11.9 Å². The van der Waals surface area contributed by atoms with Gasteiger partial charge in [0, 0.05) is 5.57 Å². The molecule has 1 heterocycles. The lowest BCUT2D eigenvalue weighted by Crippen LogP contribution is -2.02. The monoisotopic (exact) mass is 352 g/mol. The first kappa shape index (κ1) is 16.7. The summed E-state index contributed by atoms with van der Waals surface area (Å²) in [5.41, 5.74) is 3.79. The molecule has 0 N–H and O–H groups in total. The predicted octanol–water partition coefficient (Wildman–Crippen LogP) is 4.66. The molecule has 0 unspecified atom stereocenters. The fraction of sp³-hybridized carbons (Fsp3) is 0. The van der Waals surface area contributed by atoms with Gasteiger partial charge in [0.1, 0.15) is 0 Å². The number of carbonyl (C=O) groups is 2. The van der Waals surface area contributed by atoms with Gasteiger partial charge in [-0.3, -0.25) is 0 Å². The van der Waals surface area contributed by atoms with Crippen molar-refractivity contribution in [3.8, 4) is 0 Å². The maximum Gasteiger partial charge on any atom is 0.347 e. The van der Waals surface area contributed by atoms with Crippen LogP contribution in [-0.4, -0.2) is 11.9 Å². The highest BCUT2D eigenvalue weighted by Gasteiger charge is 2.36. The second kappa shape index (κ2) is 7.26. The molecular weight excluding hydrogens is 336 g/mol. The van der Waals surface area contributed by atoms with Gasteiger partial charge in [-0.15, -0.1) is 0 Å². The SMILES string of the molecule is O=C1OC(=O)C(=C(c2ccccc2)c2ccccc2)C1=Cc1ccccc1. The second-order valence-electron chi connectivity index (χ2n) is 6.13. The van der Waals surface area contributed by atoms with Crippen LogP contribution in [0.3, 0.4) is 0 Å². The van der Waals surface area contributed by atoms with Crippen LogP contribution < -0.4 is 0 Å². The highest BCUT2D eigenvalue weighted by atomic mass is 16.6. The number of rotatable bonds is 3. The van der Waals surface area contributed by atoms with Crippen molar-refractivity contribution >= 4 is 23.6 Å². The molecule has 3 aromatic rings. The molecule has 0 bridgehead atoms.